The highest BCUT2D eigenvalue weighted by Crippen LogP contribution is 2.41. The van der Waals surface area contributed by atoms with Crippen molar-refractivity contribution in [2.75, 3.05) is 38.2 Å². The minimum absolute atomic E-state index is 0.0671. The monoisotopic (exact) mass is 446 g/mol. The summed E-state index contributed by atoms with van der Waals surface area (Å²) in [6.07, 6.45) is 1.12. The van der Waals surface area contributed by atoms with E-state index >= 15 is 0 Å². The first-order chi connectivity index (χ1) is 14.7. The summed E-state index contributed by atoms with van der Waals surface area (Å²) in [5, 5.41) is 3.00. The van der Waals surface area contributed by atoms with E-state index in [4.69, 9.17) is 19.9 Å². The molecular weight excluding hydrogens is 424 g/mol. The number of rotatable bonds is 9. The van der Waals surface area contributed by atoms with Gasteiger partial charge in [0.2, 0.25) is 0 Å². The molecule has 31 heavy (non-hydrogen) atoms. The van der Waals surface area contributed by atoms with Gasteiger partial charge in [-0.3, -0.25) is 4.79 Å². The number of carbonyl (C=O) groups is 1. The summed E-state index contributed by atoms with van der Waals surface area (Å²) in [6.45, 7) is -0.109. The van der Waals surface area contributed by atoms with Crippen LogP contribution in [0.1, 0.15) is 10.5 Å². The van der Waals surface area contributed by atoms with Crippen LogP contribution in [0.4, 0.5) is 11.5 Å². The Hall–Kier alpha value is -3.60. The number of benzene rings is 2. The molecule has 2 aromatic carbocycles. The van der Waals surface area contributed by atoms with Gasteiger partial charge in [0.05, 0.1) is 36.7 Å². The maximum Gasteiger partial charge on any atom is 0.271 e. The third kappa shape index (κ3) is 5.31. The molecule has 3 rings (SSSR count). The highest BCUT2D eigenvalue weighted by Gasteiger charge is 2.20. The third-order valence-electron chi connectivity index (χ3n) is 4.24. The van der Waals surface area contributed by atoms with Crippen molar-refractivity contribution >= 4 is 38.3 Å². The molecule has 11 heteroatoms. The quantitative estimate of drug-likeness (QED) is 0.504. The van der Waals surface area contributed by atoms with Gasteiger partial charge in [-0.25, -0.2) is 18.4 Å². The van der Waals surface area contributed by atoms with E-state index in [1.807, 2.05) is 0 Å². The van der Waals surface area contributed by atoms with Crippen molar-refractivity contribution in [1.29, 1.82) is 0 Å². The number of sulfone groups is 1. The Bertz CT molecular complexity index is 1230. The van der Waals surface area contributed by atoms with Crippen molar-refractivity contribution in [3.05, 3.63) is 42.1 Å². The van der Waals surface area contributed by atoms with E-state index in [1.54, 1.807) is 36.4 Å². The fraction of sp³-hybridized carbons (Fsp3) is 0.250. The predicted molar refractivity (Wildman–Crippen MR) is 116 cm³/mol. The minimum atomic E-state index is -3.24. The molecule has 0 saturated heterocycles. The number of hydrogen-bond acceptors (Lipinski definition) is 9. The topological polar surface area (TPSA) is 143 Å². The molecule has 0 atom stereocenters. The van der Waals surface area contributed by atoms with E-state index in [-0.39, 0.29) is 29.6 Å². The molecule has 0 aliphatic heterocycles. The van der Waals surface area contributed by atoms with Crippen molar-refractivity contribution in [2.45, 2.75) is 0 Å². The first-order valence-electron chi connectivity index (χ1n) is 9.12. The normalized spacial score (nSPS) is 11.2. The second kappa shape index (κ2) is 9.04. The lowest BCUT2D eigenvalue weighted by atomic mass is 10.2. The van der Waals surface area contributed by atoms with Gasteiger partial charge in [0.1, 0.15) is 12.4 Å². The van der Waals surface area contributed by atoms with Gasteiger partial charge in [0.15, 0.2) is 32.8 Å². The lowest BCUT2D eigenvalue weighted by Crippen LogP contribution is -2.17. The molecule has 0 aliphatic carbocycles. The number of aromatic nitrogens is 2. The summed E-state index contributed by atoms with van der Waals surface area (Å²) in [5.41, 5.74) is 6.83. The average Bonchev–Trinajstić information content (AvgIpc) is 2.72. The Balaban J connectivity index is 2.09. The smallest absolute Gasteiger partial charge is 0.271 e. The van der Waals surface area contributed by atoms with Gasteiger partial charge in [-0.1, -0.05) is 12.1 Å². The molecule has 164 valence electrons. The number of amides is 1. The molecule has 1 amide bonds. The molecule has 0 saturated carbocycles. The van der Waals surface area contributed by atoms with E-state index in [9.17, 15) is 13.2 Å². The highest BCUT2D eigenvalue weighted by atomic mass is 32.2. The number of para-hydroxylation sites is 2. The lowest BCUT2D eigenvalue weighted by molar-refractivity contribution is 0.0996. The number of nitrogens with two attached hydrogens (primary N) is 1. The van der Waals surface area contributed by atoms with Crippen LogP contribution in [-0.4, -0.2) is 57.1 Å². The van der Waals surface area contributed by atoms with Crippen LogP contribution in [0.25, 0.3) is 11.0 Å². The molecule has 0 spiro atoms. The molecular formula is C20H22N4O6S. The zero-order valence-electron chi connectivity index (χ0n) is 17.2. The van der Waals surface area contributed by atoms with Crippen LogP contribution in [0.15, 0.2) is 36.4 Å². The standard InChI is InChI=1S/C20H22N4O6S/c1-28-12-10-15(18(16(11-12)29-2)30-8-9-31(3,26)27)24-20-17(19(21)25)22-13-6-4-5-7-14(13)23-20/h4-7,10-11H,8-9H2,1-3H3,(H2,21,25)(H,23,24). The summed E-state index contributed by atoms with van der Waals surface area (Å²) in [7, 11) is -0.318. The van der Waals surface area contributed by atoms with E-state index in [2.05, 4.69) is 15.3 Å². The number of anilines is 2. The highest BCUT2D eigenvalue weighted by molar-refractivity contribution is 7.90. The van der Waals surface area contributed by atoms with E-state index in [1.165, 1.54) is 14.2 Å². The Morgan fingerprint density at radius 3 is 2.35 bits per heavy atom. The molecule has 0 aliphatic rings. The van der Waals surface area contributed by atoms with Crippen LogP contribution in [0.5, 0.6) is 17.2 Å². The number of nitrogens with one attached hydrogen (secondary N) is 1. The molecule has 1 heterocycles. The minimum Gasteiger partial charge on any atom is -0.497 e. The third-order valence-corrected chi connectivity index (χ3v) is 5.15. The van der Waals surface area contributed by atoms with Gasteiger partial charge >= 0.3 is 0 Å². The van der Waals surface area contributed by atoms with Gasteiger partial charge < -0.3 is 25.3 Å². The molecule has 0 unspecified atom stereocenters. The van der Waals surface area contributed by atoms with Crippen LogP contribution in [0, 0.1) is 0 Å². The van der Waals surface area contributed by atoms with Gasteiger partial charge in [-0.05, 0) is 12.1 Å². The molecule has 0 radical (unpaired) electrons. The summed E-state index contributed by atoms with van der Waals surface area (Å²) >= 11 is 0. The van der Waals surface area contributed by atoms with Crippen LogP contribution >= 0.6 is 0 Å². The first kappa shape index (κ1) is 22.1. The second-order valence-corrected chi connectivity index (χ2v) is 8.84. The van der Waals surface area contributed by atoms with E-state index in [0.29, 0.717) is 28.2 Å². The average molecular weight is 446 g/mol. The Kier molecular flexibility index (Phi) is 6.44. The largest absolute Gasteiger partial charge is 0.497 e. The van der Waals surface area contributed by atoms with Crippen molar-refractivity contribution in [3.63, 3.8) is 0 Å². The number of hydrogen-bond donors (Lipinski definition) is 2. The summed E-state index contributed by atoms with van der Waals surface area (Å²) in [4.78, 5) is 20.8. The van der Waals surface area contributed by atoms with Crippen LogP contribution in [0.3, 0.4) is 0 Å². The van der Waals surface area contributed by atoms with Crippen LogP contribution < -0.4 is 25.3 Å². The lowest BCUT2D eigenvalue weighted by Gasteiger charge is -2.18. The van der Waals surface area contributed by atoms with E-state index in [0.717, 1.165) is 6.26 Å². The second-order valence-electron chi connectivity index (χ2n) is 6.58. The van der Waals surface area contributed by atoms with Gasteiger partial charge in [-0.2, -0.15) is 0 Å². The first-order valence-corrected chi connectivity index (χ1v) is 11.2. The Labute approximate surface area is 179 Å². The van der Waals surface area contributed by atoms with Crippen LogP contribution in [-0.2, 0) is 9.84 Å². The maximum absolute atomic E-state index is 12.0. The number of nitrogens with zero attached hydrogens (tertiary/aromatic N) is 2. The number of primary amides is 1. The predicted octanol–water partition coefficient (Wildman–Crippen LogP) is 1.91. The maximum atomic E-state index is 12.0. The SMILES string of the molecule is COc1cc(Nc2nc3ccccc3nc2C(N)=O)c(OCCS(C)(=O)=O)c(OC)c1. The Morgan fingerprint density at radius 1 is 1.10 bits per heavy atom. The fourth-order valence-electron chi connectivity index (χ4n) is 2.77. The molecule has 1 aromatic heterocycles. The molecule has 3 aromatic rings. The van der Waals surface area contributed by atoms with Crippen molar-refractivity contribution in [2.24, 2.45) is 5.73 Å². The van der Waals surface area contributed by atoms with Gasteiger partial charge in [-0.15, -0.1) is 0 Å². The zero-order chi connectivity index (χ0) is 22.6. The molecule has 3 N–H and O–H groups in total. The van der Waals surface area contributed by atoms with Crippen molar-refractivity contribution in [3.8, 4) is 17.2 Å². The molecule has 0 fully saturated rings. The van der Waals surface area contributed by atoms with Gasteiger partial charge in [0, 0.05) is 18.4 Å². The Morgan fingerprint density at radius 2 is 1.77 bits per heavy atom. The number of fused-ring (bicyclic) bond motifs is 1. The van der Waals surface area contributed by atoms with E-state index < -0.39 is 15.7 Å². The zero-order valence-corrected chi connectivity index (χ0v) is 18.0. The summed E-state index contributed by atoms with van der Waals surface area (Å²) in [6, 6.07) is 10.2. The van der Waals surface area contributed by atoms with Crippen molar-refractivity contribution < 1.29 is 27.4 Å². The number of methoxy groups -OCH3 is 2. The molecule has 0 bridgehead atoms. The van der Waals surface area contributed by atoms with Crippen molar-refractivity contribution in [1.82, 2.24) is 9.97 Å². The van der Waals surface area contributed by atoms with Crippen LogP contribution in [0.2, 0.25) is 0 Å². The summed E-state index contributed by atoms with van der Waals surface area (Å²) in [5.74, 6) is 0.0973. The van der Waals surface area contributed by atoms with Gasteiger partial charge in [0.25, 0.3) is 5.91 Å². The number of ether oxygens (including phenoxy) is 3. The fourth-order valence-corrected chi connectivity index (χ4v) is 3.16. The summed E-state index contributed by atoms with van der Waals surface area (Å²) < 4.78 is 39.3. The molecule has 10 nitrogen and oxygen atoms in total. The number of carbonyl (C=O) groups excluding carboxylic acids is 1.